The van der Waals surface area contributed by atoms with Crippen LogP contribution in [0.5, 0.6) is 17.2 Å². The van der Waals surface area contributed by atoms with Crippen LogP contribution in [0.4, 0.5) is 0 Å². The predicted octanol–water partition coefficient (Wildman–Crippen LogP) is 2.87. The van der Waals surface area contributed by atoms with E-state index in [1.54, 1.807) is 52.8 Å². The van der Waals surface area contributed by atoms with E-state index in [1.165, 1.54) is 6.92 Å². The van der Waals surface area contributed by atoms with E-state index in [9.17, 15) is 24.3 Å². The quantitative estimate of drug-likeness (QED) is 0.278. The summed E-state index contributed by atoms with van der Waals surface area (Å²) in [6.45, 7) is 8.92. The molecule has 1 fully saturated rings. The maximum absolute atomic E-state index is 13.7. The normalized spacial score (nSPS) is 32.2. The molecule has 13 heteroatoms. The molecule has 2 bridgehead atoms. The first-order chi connectivity index (χ1) is 21.2. The van der Waals surface area contributed by atoms with Gasteiger partial charge in [0.1, 0.15) is 23.7 Å². The number of carbonyl (C=O) groups is 4. The van der Waals surface area contributed by atoms with Crippen LogP contribution in [0, 0.1) is 5.92 Å². The zero-order valence-corrected chi connectivity index (χ0v) is 26.3. The van der Waals surface area contributed by atoms with Gasteiger partial charge in [-0.3, -0.25) is 0 Å². The lowest BCUT2D eigenvalue weighted by atomic mass is 9.56. The van der Waals surface area contributed by atoms with Crippen molar-refractivity contribution in [2.45, 2.75) is 70.6 Å². The molecule has 0 saturated carbocycles. The predicted molar refractivity (Wildman–Crippen MR) is 153 cm³/mol. The standard InChI is InChI=1S/C32H36O13/c1-9-15(3)27(34)43-23-17(5)30(6)26(44-28(35)16(4)10-2)19(12-21(33)38-7)31(32(37,45-30)29(36)39-8)13-40-25-22(31)18(23)11-20-24(25)42-14-41-20/h9-12,17,23,26,37H,13-14H2,1-8H3. The minimum Gasteiger partial charge on any atom is -0.488 e. The van der Waals surface area contributed by atoms with Crippen LogP contribution in [0.3, 0.4) is 0 Å². The van der Waals surface area contributed by atoms with Crippen molar-refractivity contribution in [3.05, 3.63) is 52.1 Å². The van der Waals surface area contributed by atoms with E-state index in [1.807, 2.05) is 0 Å². The highest BCUT2D eigenvalue weighted by atomic mass is 16.7. The number of allylic oxidation sites excluding steroid dienone is 2. The molecule has 0 aromatic heterocycles. The molecular weight excluding hydrogens is 592 g/mol. The molecule has 1 N–H and O–H groups in total. The Kier molecular flexibility index (Phi) is 7.99. The Morgan fingerprint density at radius 2 is 1.60 bits per heavy atom. The SMILES string of the molecule is CC=C(C)C(=O)OC1c2cc3c(c4c2C2(CO4)C(=CC(=O)OC)C(OC(=O)C(C)=CC)C(C)(OC2(O)C(=O)OC)C1C)OCO3. The number of methoxy groups -OCH3 is 2. The number of esters is 4. The second-order valence-corrected chi connectivity index (χ2v) is 11.5. The van der Waals surface area contributed by atoms with E-state index >= 15 is 0 Å². The topological polar surface area (TPSA) is 162 Å². The Labute approximate surface area is 259 Å². The average molecular weight is 629 g/mol. The molecule has 0 radical (unpaired) electrons. The van der Waals surface area contributed by atoms with E-state index in [2.05, 4.69) is 0 Å². The number of hydrogen-bond acceptors (Lipinski definition) is 13. The molecular formula is C32H36O13. The van der Waals surface area contributed by atoms with Crippen molar-refractivity contribution in [1.29, 1.82) is 0 Å². The summed E-state index contributed by atoms with van der Waals surface area (Å²) in [6, 6.07) is 1.58. The highest BCUT2D eigenvalue weighted by Crippen LogP contribution is 2.67. The van der Waals surface area contributed by atoms with E-state index in [4.69, 9.17) is 37.9 Å². The fraction of sp³-hybridized carbons (Fsp3) is 0.500. The van der Waals surface area contributed by atoms with Crippen molar-refractivity contribution in [1.82, 2.24) is 0 Å². The van der Waals surface area contributed by atoms with Crippen LogP contribution in [0.1, 0.15) is 58.8 Å². The summed E-state index contributed by atoms with van der Waals surface area (Å²) in [4.78, 5) is 53.5. The maximum atomic E-state index is 13.7. The Hall–Kier alpha value is -4.36. The van der Waals surface area contributed by atoms with Crippen molar-refractivity contribution in [3.63, 3.8) is 0 Å². The van der Waals surface area contributed by atoms with Gasteiger partial charge in [-0.2, -0.15) is 0 Å². The molecule has 45 heavy (non-hydrogen) atoms. The van der Waals surface area contributed by atoms with Crippen molar-refractivity contribution in [2.24, 2.45) is 5.92 Å². The Balaban J connectivity index is 1.95. The van der Waals surface area contributed by atoms with Crippen LogP contribution in [-0.4, -0.2) is 74.1 Å². The lowest BCUT2D eigenvalue weighted by Gasteiger charge is -2.59. The smallest absolute Gasteiger partial charge is 0.367 e. The third-order valence-corrected chi connectivity index (χ3v) is 9.32. The second-order valence-electron chi connectivity index (χ2n) is 11.5. The zero-order valence-electron chi connectivity index (χ0n) is 26.3. The van der Waals surface area contributed by atoms with Gasteiger partial charge in [0.05, 0.1) is 14.2 Å². The van der Waals surface area contributed by atoms with Crippen LogP contribution in [-0.2, 0) is 48.3 Å². The second kappa shape index (κ2) is 11.2. The summed E-state index contributed by atoms with van der Waals surface area (Å²) in [6.07, 6.45) is 1.57. The van der Waals surface area contributed by atoms with E-state index in [0.29, 0.717) is 11.1 Å². The molecule has 1 aromatic rings. The molecule has 1 saturated heterocycles. The molecule has 13 nitrogen and oxygen atoms in total. The molecule has 242 valence electrons. The molecule has 0 amide bonds. The van der Waals surface area contributed by atoms with Gasteiger partial charge in [-0.15, -0.1) is 0 Å². The summed E-state index contributed by atoms with van der Waals surface area (Å²) in [5.74, 6) is -6.88. The van der Waals surface area contributed by atoms with Gasteiger partial charge in [0.25, 0.3) is 5.79 Å². The molecule has 4 heterocycles. The van der Waals surface area contributed by atoms with Crippen molar-refractivity contribution in [2.75, 3.05) is 27.6 Å². The zero-order chi connectivity index (χ0) is 33.1. The number of benzene rings is 1. The summed E-state index contributed by atoms with van der Waals surface area (Å²) < 4.78 is 46.4. The molecule has 4 aliphatic heterocycles. The van der Waals surface area contributed by atoms with Crippen molar-refractivity contribution in [3.8, 4) is 17.2 Å². The molecule has 6 unspecified atom stereocenters. The average Bonchev–Trinajstić information content (AvgIpc) is 3.67. The maximum Gasteiger partial charge on any atom is 0.367 e. The minimum absolute atomic E-state index is 0.0536. The van der Waals surface area contributed by atoms with Gasteiger partial charge in [-0.05, 0) is 40.7 Å². The summed E-state index contributed by atoms with van der Waals surface area (Å²) in [7, 11) is 2.22. The lowest BCUT2D eigenvalue weighted by Crippen LogP contribution is -2.75. The molecule has 5 aliphatic rings. The fourth-order valence-electron chi connectivity index (χ4n) is 6.40. The van der Waals surface area contributed by atoms with Gasteiger partial charge in [-0.25, -0.2) is 19.2 Å². The number of hydrogen-bond donors (Lipinski definition) is 1. The molecule has 6 atom stereocenters. The van der Waals surface area contributed by atoms with E-state index in [0.717, 1.165) is 20.3 Å². The van der Waals surface area contributed by atoms with Gasteiger partial charge < -0.3 is 43.0 Å². The lowest BCUT2D eigenvalue weighted by molar-refractivity contribution is -0.338. The van der Waals surface area contributed by atoms with Gasteiger partial charge >= 0.3 is 23.9 Å². The third-order valence-electron chi connectivity index (χ3n) is 9.32. The fourth-order valence-corrected chi connectivity index (χ4v) is 6.40. The summed E-state index contributed by atoms with van der Waals surface area (Å²) in [5, 5.41) is 12.5. The first kappa shape index (κ1) is 32.0. The monoisotopic (exact) mass is 628 g/mol. The first-order valence-electron chi connectivity index (χ1n) is 14.3. The molecule has 1 spiro atoms. The van der Waals surface area contributed by atoms with Gasteiger partial charge in [0.2, 0.25) is 12.5 Å². The van der Waals surface area contributed by atoms with Crippen LogP contribution in [0.2, 0.25) is 0 Å². The number of carbonyl (C=O) groups excluding carboxylic acids is 4. The molecule has 1 aliphatic carbocycles. The molecule has 1 aromatic carbocycles. The van der Waals surface area contributed by atoms with Crippen LogP contribution in [0.15, 0.2) is 41.0 Å². The van der Waals surface area contributed by atoms with Gasteiger partial charge in [0.15, 0.2) is 17.6 Å². The number of ether oxygens (including phenoxy) is 8. The van der Waals surface area contributed by atoms with Gasteiger partial charge in [0, 0.05) is 39.8 Å². The van der Waals surface area contributed by atoms with Crippen LogP contribution >= 0.6 is 0 Å². The Morgan fingerprint density at radius 1 is 0.956 bits per heavy atom. The third kappa shape index (κ3) is 4.43. The minimum atomic E-state index is -2.87. The Morgan fingerprint density at radius 3 is 2.20 bits per heavy atom. The van der Waals surface area contributed by atoms with E-state index < -0.39 is 65.4 Å². The Bertz CT molecular complexity index is 1570. The van der Waals surface area contributed by atoms with Crippen LogP contribution in [0.25, 0.3) is 0 Å². The summed E-state index contributed by atoms with van der Waals surface area (Å²) >= 11 is 0. The molecule has 6 rings (SSSR count). The number of fused-ring (bicyclic) bond motifs is 5. The van der Waals surface area contributed by atoms with Gasteiger partial charge in [-0.1, -0.05) is 19.1 Å². The highest BCUT2D eigenvalue weighted by molar-refractivity contribution is 5.91. The number of aliphatic hydroxyl groups is 1. The van der Waals surface area contributed by atoms with Crippen molar-refractivity contribution >= 4 is 23.9 Å². The highest BCUT2D eigenvalue weighted by Gasteiger charge is 2.77. The van der Waals surface area contributed by atoms with Crippen LogP contribution < -0.4 is 14.2 Å². The van der Waals surface area contributed by atoms with E-state index in [-0.39, 0.29) is 40.8 Å². The summed E-state index contributed by atoms with van der Waals surface area (Å²) in [5.41, 5.74) is -3.10. The largest absolute Gasteiger partial charge is 0.488 e. The van der Waals surface area contributed by atoms with Crippen molar-refractivity contribution < 1.29 is 62.2 Å². The first-order valence-corrected chi connectivity index (χ1v) is 14.3. The number of rotatable bonds is 6.